The van der Waals surface area contributed by atoms with Crippen LogP contribution < -0.4 is 15.8 Å². The summed E-state index contributed by atoms with van der Waals surface area (Å²) in [6.07, 6.45) is 1.50. The molecule has 0 atom stereocenters. The molecule has 1 aliphatic rings. The zero-order valence-electron chi connectivity index (χ0n) is 14.6. The molecule has 1 amide bonds. The number of rotatable bonds is 5. The number of nitrogens with one attached hydrogen (secondary N) is 1. The maximum atomic E-state index is 13.8. The molecule has 0 saturated carbocycles. The summed E-state index contributed by atoms with van der Waals surface area (Å²) in [5.41, 5.74) is 5.85. The number of piperazine rings is 1. The molecule has 0 aliphatic carbocycles. The molecule has 0 spiro atoms. The van der Waals surface area contributed by atoms with Crippen LogP contribution in [0, 0.1) is 5.82 Å². The highest BCUT2D eigenvalue weighted by molar-refractivity contribution is 5.91. The lowest BCUT2D eigenvalue weighted by Gasteiger charge is -2.31. The number of nitrogen functional groups attached to an aromatic ring is 1. The second kappa shape index (κ2) is 8.11. The van der Waals surface area contributed by atoms with Gasteiger partial charge in [-0.25, -0.2) is 9.37 Å². The number of hydrogen-bond acceptors (Lipinski definition) is 6. The predicted octanol–water partition coefficient (Wildman–Crippen LogP) is 1.78. The Hall–Kier alpha value is -2.71. The molecular formula is C18H22FN5O2. The quantitative estimate of drug-likeness (QED) is 0.792. The number of nitrogens with two attached hydrogens (primary N) is 1. The van der Waals surface area contributed by atoms with Crippen LogP contribution in [0.25, 0.3) is 0 Å². The molecule has 1 aromatic heterocycles. The van der Waals surface area contributed by atoms with E-state index in [1.807, 2.05) is 0 Å². The topological polar surface area (TPSA) is 83.7 Å². The number of halogens is 1. The molecule has 0 bridgehead atoms. The van der Waals surface area contributed by atoms with E-state index in [4.69, 9.17) is 10.5 Å². The maximum Gasteiger partial charge on any atom is 0.239 e. The van der Waals surface area contributed by atoms with Gasteiger partial charge in [-0.3, -0.25) is 9.69 Å². The zero-order valence-corrected chi connectivity index (χ0v) is 14.6. The van der Waals surface area contributed by atoms with Gasteiger partial charge in [-0.15, -0.1) is 0 Å². The molecule has 0 unspecified atom stereocenters. The summed E-state index contributed by atoms with van der Waals surface area (Å²) in [5, 5.41) is 2.75. The number of pyridine rings is 1. The minimum atomic E-state index is -0.553. The Labute approximate surface area is 151 Å². The van der Waals surface area contributed by atoms with Crippen molar-refractivity contribution in [3.63, 3.8) is 0 Å². The Bertz CT molecular complexity index is 778. The zero-order chi connectivity index (χ0) is 18.5. The molecule has 2 aromatic rings. The molecule has 0 radical (unpaired) electrons. The number of anilines is 2. The van der Waals surface area contributed by atoms with E-state index in [-0.39, 0.29) is 11.7 Å². The molecule has 1 fully saturated rings. The van der Waals surface area contributed by atoms with Gasteiger partial charge < -0.3 is 20.7 Å². The minimum Gasteiger partial charge on any atom is -0.454 e. The molecule has 3 rings (SSSR count). The number of benzene rings is 1. The maximum absolute atomic E-state index is 13.8. The van der Waals surface area contributed by atoms with Crippen LogP contribution in [0.2, 0.25) is 0 Å². The van der Waals surface area contributed by atoms with Crippen molar-refractivity contribution in [3.8, 4) is 11.5 Å². The standard InChI is InChI=1S/C18H22FN5O2/c1-23-6-8-24(9-7-23)12-18(25)22-17-11-14(4-5-21-17)26-16-3-2-13(20)10-15(16)19/h2-5,10-11H,6-9,12,20H2,1H3,(H,21,22,25). The van der Waals surface area contributed by atoms with Crippen molar-refractivity contribution in [2.75, 3.05) is 50.8 Å². The number of hydrogen-bond donors (Lipinski definition) is 2. The number of carbonyl (C=O) groups excluding carboxylic acids is 1. The number of amides is 1. The fourth-order valence-corrected chi connectivity index (χ4v) is 2.66. The largest absolute Gasteiger partial charge is 0.454 e. The van der Waals surface area contributed by atoms with Gasteiger partial charge >= 0.3 is 0 Å². The van der Waals surface area contributed by atoms with Gasteiger partial charge in [-0.1, -0.05) is 0 Å². The predicted molar refractivity (Wildman–Crippen MR) is 97.7 cm³/mol. The van der Waals surface area contributed by atoms with Crippen molar-refractivity contribution in [3.05, 3.63) is 42.3 Å². The summed E-state index contributed by atoms with van der Waals surface area (Å²) in [4.78, 5) is 20.6. The SMILES string of the molecule is CN1CCN(CC(=O)Nc2cc(Oc3ccc(N)cc3F)ccn2)CC1. The van der Waals surface area contributed by atoms with Gasteiger partial charge in [0.25, 0.3) is 0 Å². The second-order valence-corrected chi connectivity index (χ2v) is 6.30. The summed E-state index contributed by atoms with van der Waals surface area (Å²) >= 11 is 0. The lowest BCUT2D eigenvalue weighted by atomic mass is 10.3. The van der Waals surface area contributed by atoms with Gasteiger partial charge in [-0.05, 0) is 25.2 Å². The van der Waals surface area contributed by atoms with Crippen molar-refractivity contribution in [2.45, 2.75) is 0 Å². The lowest BCUT2D eigenvalue weighted by Crippen LogP contribution is -2.47. The van der Waals surface area contributed by atoms with E-state index in [1.165, 1.54) is 18.3 Å². The van der Waals surface area contributed by atoms with Gasteiger partial charge in [0.1, 0.15) is 11.6 Å². The number of ether oxygens (including phenoxy) is 1. The average molecular weight is 359 g/mol. The van der Waals surface area contributed by atoms with Crippen molar-refractivity contribution in [1.29, 1.82) is 0 Å². The monoisotopic (exact) mass is 359 g/mol. The van der Waals surface area contributed by atoms with E-state index in [2.05, 4.69) is 27.1 Å². The highest BCUT2D eigenvalue weighted by Crippen LogP contribution is 2.26. The number of carbonyl (C=O) groups is 1. The third-order valence-electron chi connectivity index (χ3n) is 4.15. The first kappa shape index (κ1) is 18.1. The van der Waals surface area contributed by atoms with E-state index in [1.54, 1.807) is 18.2 Å². The smallest absolute Gasteiger partial charge is 0.239 e. The summed E-state index contributed by atoms with van der Waals surface area (Å²) in [6, 6.07) is 7.34. The number of aromatic nitrogens is 1. The van der Waals surface area contributed by atoms with E-state index < -0.39 is 5.82 Å². The van der Waals surface area contributed by atoms with E-state index in [0.717, 1.165) is 26.2 Å². The third kappa shape index (κ3) is 4.90. The van der Waals surface area contributed by atoms with Crippen LogP contribution in [0.3, 0.4) is 0 Å². The van der Waals surface area contributed by atoms with Gasteiger partial charge in [0.2, 0.25) is 5.91 Å². The van der Waals surface area contributed by atoms with E-state index in [9.17, 15) is 9.18 Å². The summed E-state index contributed by atoms with van der Waals surface area (Å²) in [7, 11) is 2.07. The van der Waals surface area contributed by atoms with E-state index in [0.29, 0.717) is 23.8 Å². The lowest BCUT2D eigenvalue weighted by molar-refractivity contribution is -0.117. The third-order valence-corrected chi connectivity index (χ3v) is 4.15. The van der Waals surface area contributed by atoms with Crippen LogP contribution in [-0.4, -0.2) is 60.5 Å². The van der Waals surface area contributed by atoms with Crippen molar-refractivity contribution in [2.24, 2.45) is 0 Å². The Kier molecular flexibility index (Phi) is 5.65. The second-order valence-electron chi connectivity index (χ2n) is 6.30. The first-order valence-electron chi connectivity index (χ1n) is 8.39. The summed E-state index contributed by atoms with van der Waals surface area (Å²) in [5.74, 6) is 0.0940. The first-order chi connectivity index (χ1) is 12.5. The molecule has 7 nitrogen and oxygen atoms in total. The molecule has 1 aromatic carbocycles. The Morgan fingerprint density at radius 1 is 1.27 bits per heavy atom. The van der Waals surface area contributed by atoms with Gasteiger partial charge in [-0.2, -0.15) is 0 Å². The summed E-state index contributed by atoms with van der Waals surface area (Å²) < 4.78 is 19.3. The van der Waals surface area contributed by atoms with Crippen molar-refractivity contribution in [1.82, 2.24) is 14.8 Å². The van der Waals surface area contributed by atoms with Crippen LogP contribution in [0.1, 0.15) is 0 Å². The van der Waals surface area contributed by atoms with E-state index >= 15 is 0 Å². The molecule has 3 N–H and O–H groups in total. The molecule has 26 heavy (non-hydrogen) atoms. The normalized spacial score (nSPS) is 15.6. The van der Waals surface area contributed by atoms with Crippen LogP contribution in [0.5, 0.6) is 11.5 Å². The van der Waals surface area contributed by atoms with Crippen LogP contribution in [0.15, 0.2) is 36.5 Å². The van der Waals surface area contributed by atoms with Crippen molar-refractivity contribution >= 4 is 17.4 Å². The van der Waals surface area contributed by atoms with Crippen LogP contribution in [0.4, 0.5) is 15.9 Å². The fraction of sp³-hybridized carbons (Fsp3) is 0.333. The van der Waals surface area contributed by atoms with Gasteiger partial charge in [0, 0.05) is 50.2 Å². The molecule has 1 saturated heterocycles. The molecule has 1 aliphatic heterocycles. The average Bonchev–Trinajstić information content (AvgIpc) is 2.60. The van der Waals surface area contributed by atoms with Crippen molar-refractivity contribution < 1.29 is 13.9 Å². The highest BCUT2D eigenvalue weighted by atomic mass is 19.1. The minimum absolute atomic E-state index is 0.0557. The molecule has 138 valence electrons. The Balaban J connectivity index is 1.59. The molecular weight excluding hydrogens is 337 g/mol. The van der Waals surface area contributed by atoms with Crippen LogP contribution >= 0.6 is 0 Å². The van der Waals surface area contributed by atoms with Gasteiger partial charge in [0.05, 0.1) is 6.54 Å². The molecule has 2 heterocycles. The number of likely N-dealkylation sites (N-methyl/N-ethyl adjacent to an activating group) is 1. The summed E-state index contributed by atoms with van der Waals surface area (Å²) in [6.45, 7) is 3.92. The van der Waals surface area contributed by atoms with Gasteiger partial charge in [0.15, 0.2) is 11.6 Å². The molecule has 8 heteroatoms. The Morgan fingerprint density at radius 2 is 2.04 bits per heavy atom. The van der Waals surface area contributed by atoms with Crippen LogP contribution in [-0.2, 0) is 4.79 Å². The highest BCUT2D eigenvalue weighted by Gasteiger charge is 2.17. The Morgan fingerprint density at radius 3 is 2.77 bits per heavy atom. The first-order valence-corrected chi connectivity index (χ1v) is 8.39. The fourth-order valence-electron chi connectivity index (χ4n) is 2.66. The number of nitrogens with zero attached hydrogens (tertiary/aromatic N) is 3.